The van der Waals surface area contributed by atoms with Crippen LogP contribution < -0.4 is 11.4 Å². The van der Waals surface area contributed by atoms with Crippen molar-refractivity contribution in [3.05, 3.63) is 22.7 Å². The van der Waals surface area contributed by atoms with Crippen LogP contribution in [0.1, 0.15) is 12.6 Å². The lowest BCUT2D eigenvalue weighted by Gasteiger charge is -2.40. The molecule has 32 heavy (non-hydrogen) atoms. The fraction of sp³-hybridized carbons (Fsp3) is 0.667. The van der Waals surface area contributed by atoms with E-state index in [0.29, 0.717) is 0 Å². The molecule has 0 spiro atoms. The Morgan fingerprint density at radius 2 is 1.97 bits per heavy atom. The van der Waals surface area contributed by atoms with Gasteiger partial charge in [-0.3, -0.25) is 13.9 Å². The van der Waals surface area contributed by atoms with Gasteiger partial charge in [0.05, 0.1) is 12.7 Å². The third-order valence-electron chi connectivity index (χ3n) is 4.81. The van der Waals surface area contributed by atoms with Crippen molar-refractivity contribution in [3.8, 4) is 0 Å². The van der Waals surface area contributed by atoms with Crippen molar-refractivity contribution in [2.24, 2.45) is 0 Å². The number of phosphoric ester groups is 1. The van der Waals surface area contributed by atoms with E-state index in [1.165, 1.54) is 6.07 Å². The third kappa shape index (κ3) is 5.05. The highest BCUT2D eigenvalue weighted by molar-refractivity contribution is 7.47. The number of aliphatic hydroxyl groups excluding tert-OH is 5. The van der Waals surface area contributed by atoms with E-state index >= 15 is 0 Å². The Morgan fingerprint density at radius 1 is 1.28 bits per heavy atom. The number of hydrogen-bond donors (Lipinski definition) is 7. The molecule has 1 aromatic rings. The number of anilines is 1. The molecule has 2 saturated heterocycles. The number of phosphoric acid groups is 1. The molecule has 17 heteroatoms. The van der Waals surface area contributed by atoms with Crippen LogP contribution in [0.5, 0.6) is 0 Å². The van der Waals surface area contributed by atoms with Gasteiger partial charge >= 0.3 is 13.5 Å². The molecule has 3 rings (SSSR count). The minimum atomic E-state index is -5.15. The predicted molar refractivity (Wildman–Crippen MR) is 98.2 cm³/mol. The molecule has 16 nitrogen and oxygen atoms in total. The van der Waals surface area contributed by atoms with Gasteiger partial charge in [-0.25, -0.2) is 13.9 Å². The maximum absolute atomic E-state index is 12.3. The van der Waals surface area contributed by atoms with Crippen LogP contribution in [0.2, 0.25) is 0 Å². The Labute approximate surface area is 179 Å². The van der Waals surface area contributed by atoms with E-state index in [9.17, 15) is 44.6 Å². The van der Waals surface area contributed by atoms with Crippen LogP contribution in [0.25, 0.3) is 0 Å². The molecule has 2 fully saturated rings. The SMILES string of the molecule is Nc1ccn([C@@H]2O[C@H](COP(=O)(O)OC3(C=O)CC(O)[C@@H](O)C(O)O3)C(O)C2O)c(=O)n1. The lowest BCUT2D eigenvalue weighted by Crippen LogP contribution is -2.56. The first-order valence-corrected chi connectivity index (χ1v) is 10.6. The number of nitrogens with zero attached hydrogens (tertiary/aromatic N) is 2. The van der Waals surface area contributed by atoms with E-state index in [4.69, 9.17) is 19.7 Å². The van der Waals surface area contributed by atoms with Crippen LogP contribution >= 0.6 is 7.82 Å². The van der Waals surface area contributed by atoms with Gasteiger partial charge in [-0.2, -0.15) is 4.98 Å². The Morgan fingerprint density at radius 3 is 2.56 bits per heavy atom. The summed E-state index contributed by atoms with van der Waals surface area (Å²) in [6.45, 7) is -0.859. The zero-order valence-electron chi connectivity index (χ0n) is 16.1. The van der Waals surface area contributed by atoms with Crippen molar-refractivity contribution in [2.45, 2.75) is 55.2 Å². The van der Waals surface area contributed by atoms with E-state index in [1.54, 1.807) is 0 Å². The Bertz CT molecular complexity index is 931. The molecule has 3 heterocycles. The van der Waals surface area contributed by atoms with Gasteiger partial charge in [0.2, 0.25) is 5.79 Å². The van der Waals surface area contributed by atoms with Gasteiger partial charge in [-0.1, -0.05) is 0 Å². The van der Waals surface area contributed by atoms with Crippen LogP contribution in [0.4, 0.5) is 5.82 Å². The molecule has 0 saturated carbocycles. The molecule has 1 aromatic heterocycles. The van der Waals surface area contributed by atoms with Crippen LogP contribution in [0.15, 0.2) is 17.1 Å². The fourth-order valence-corrected chi connectivity index (χ4v) is 4.13. The topological polar surface area (TPSA) is 253 Å². The lowest BCUT2D eigenvalue weighted by atomic mass is 10.0. The van der Waals surface area contributed by atoms with Crippen LogP contribution in [-0.2, 0) is 27.9 Å². The summed E-state index contributed by atoms with van der Waals surface area (Å²) in [7, 11) is -5.15. The highest BCUT2D eigenvalue weighted by Gasteiger charge is 2.52. The quantitative estimate of drug-likeness (QED) is 0.144. The van der Waals surface area contributed by atoms with Crippen LogP contribution in [0.3, 0.4) is 0 Å². The number of rotatable bonds is 7. The van der Waals surface area contributed by atoms with E-state index in [2.05, 4.69) is 9.51 Å². The monoisotopic (exact) mass is 483 g/mol. The van der Waals surface area contributed by atoms with Crippen molar-refractivity contribution in [3.63, 3.8) is 0 Å². The molecule has 8 N–H and O–H groups in total. The molecule has 2 aliphatic heterocycles. The molecular weight excluding hydrogens is 461 g/mol. The van der Waals surface area contributed by atoms with Crippen molar-refractivity contribution in [1.29, 1.82) is 0 Å². The normalized spacial score (nSPS) is 39.5. The number of aliphatic hydroxyl groups is 5. The molecule has 0 bridgehead atoms. The van der Waals surface area contributed by atoms with E-state index in [0.717, 1.165) is 10.8 Å². The van der Waals surface area contributed by atoms with E-state index in [-0.39, 0.29) is 12.1 Å². The summed E-state index contributed by atoms with van der Waals surface area (Å²) in [5, 5.41) is 49.0. The number of carbonyl (C=O) groups excluding carboxylic acids is 1. The second-order valence-electron chi connectivity index (χ2n) is 7.14. The molecule has 0 radical (unpaired) electrons. The number of nitrogens with two attached hydrogens (primary N) is 1. The summed E-state index contributed by atoms with van der Waals surface area (Å²) >= 11 is 0. The van der Waals surface area contributed by atoms with Gasteiger partial charge in [-0.15, -0.1) is 0 Å². The molecule has 0 aromatic carbocycles. The largest absolute Gasteiger partial charge is 0.475 e. The smallest absolute Gasteiger partial charge is 0.390 e. The van der Waals surface area contributed by atoms with Crippen LogP contribution in [-0.4, -0.2) is 95.5 Å². The number of aromatic nitrogens is 2. The van der Waals surface area contributed by atoms with Crippen LogP contribution in [0, 0.1) is 0 Å². The Hall–Kier alpha value is -1.82. The molecule has 9 atom stereocenters. The minimum Gasteiger partial charge on any atom is -0.390 e. The van der Waals surface area contributed by atoms with Gasteiger partial charge in [0.25, 0.3) is 0 Å². The summed E-state index contributed by atoms with van der Waals surface area (Å²) in [5.74, 6) is -2.71. The standard InChI is InChI=1S/C15H22N3O13P/c16-8-1-2-18(14(25)17-8)12-11(23)10(22)7(29-12)4-28-32(26,27)31-15(5-19)3-6(20)9(21)13(24)30-15/h1-2,5-7,9-13,20-24H,3-4H2,(H,26,27)(H2,16,17,25)/t6?,7-,9-,10?,11?,12-,13?,15?/m1/s1. The molecule has 0 amide bonds. The Balaban J connectivity index is 1.67. The summed E-state index contributed by atoms with van der Waals surface area (Å²) in [5.41, 5.74) is 4.50. The first-order valence-electron chi connectivity index (χ1n) is 9.11. The fourth-order valence-electron chi connectivity index (χ4n) is 3.19. The Kier molecular flexibility index (Phi) is 7.14. The van der Waals surface area contributed by atoms with E-state index < -0.39 is 75.4 Å². The van der Waals surface area contributed by atoms with Crippen molar-refractivity contribution in [2.75, 3.05) is 12.3 Å². The van der Waals surface area contributed by atoms with Gasteiger partial charge in [0, 0.05) is 12.6 Å². The highest BCUT2D eigenvalue weighted by Crippen LogP contribution is 2.50. The number of ether oxygens (including phenoxy) is 2. The zero-order valence-corrected chi connectivity index (χ0v) is 17.0. The molecular formula is C15H22N3O13P. The van der Waals surface area contributed by atoms with E-state index in [1.807, 2.05) is 0 Å². The first kappa shape index (κ1) is 24.8. The molecule has 180 valence electrons. The van der Waals surface area contributed by atoms with Crippen molar-refractivity contribution < 1.29 is 58.3 Å². The molecule has 6 unspecified atom stereocenters. The van der Waals surface area contributed by atoms with Gasteiger partial charge in [-0.05, 0) is 6.07 Å². The zero-order chi connectivity index (χ0) is 23.8. The maximum Gasteiger partial charge on any atom is 0.475 e. The summed E-state index contributed by atoms with van der Waals surface area (Å²) in [6.07, 6.45) is -11.6. The minimum absolute atomic E-state index is 0.0886. The maximum atomic E-state index is 12.3. The summed E-state index contributed by atoms with van der Waals surface area (Å²) < 4.78 is 32.5. The van der Waals surface area contributed by atoms with Gasteiger partial charge < -0.3 is 45.6 Å². The van der Waals surface area contributed by atoms with Gasteiger partial charge in [0.1, 0.15) is 30.2 Å². The average molecular weight is 483 g/mol. The summed E-state index contributed by atoms with van der Waals surface area (Å²) in [4.78, 5) is 36.7. The highest BCUT2D eigenvalue weighted by atomic mass is 31.2. The molecule has 0 aliphatic carbocycles. The number of hydrogen-bond acceptors (Lipinski definition) is 14. The van der Waals surface area contributed by atoms with Crippen molar-refractivity contribution in [1.82, 2.24) is 9.55 Å². The van der Waals surface area contributed by atoms with Gasteiger partial charge in [0.15, 0.2) is 18.8 Å². The lowest BCUT2D eigenvalue weighted by molar-refractivity contribution is -0.321. The second kappa shape index (κ2) is 9.20. The average Bonchev–Trinajstić information content (AvgIpc) is 2.99. The molecule has 2 aliphatic rings. The first-order chi connectivity index (χ1) is 14.9. The second-order valence-corrected chi connectivity index (χ2v) is 8.52. The third-order valence-corrected chi connectivity index (χ3v) is 5.83. The van der Waals surface area contributed by atoms with Crippen molar-refractivity contribution >= 4 is 19.9 Å². The number of nitrogen functional groups attached to an aromatic ring is 1. The number of aldehydes is 1. The summed E-state index contributed by atoms with van der Waals surface area (Å²) in [6, 6.07) is 1.24. The predicted octanol–water partition coefficient (Wildman–Crippen LogP) is -4.07. The number of carbonyl (C=O) groups is 1.